The van der Waals surface area contributed by atoms with Crippen LogP contribution in [0.25, 0.3) is 11.3 Å². The minimum atomic E-state index is 0.144. The number of amides is 1. The van der Waals surface area contributed by atoms with Gasteiger partial charge in [-0.1, -0.05) is 12.1 Å². The molecule has 90 valence electrons. The van der Waals surface area contributed by atoms with Crippen molar-refractivity contribution in [3.63, 3.8) is 0 Å². The van der Waals surface area contributed by atoms with Gasteiger partial charge in [0.05, 0.1) is 12.1 Å². The molecule has 0 spiro atoms. The van der Waals surface area contributed by atoms with E-state index in [1.165, 1.54) is 5.56 Å². The number of hydrogen-bond donors (Lipinski definition) is 0. The number of carbonyl (C=O) groups excluding carboxylic acids is 1. The fourth-order valence-corrected chi connectivity index (χ4v) is 2.40. The highest BCUT2D eigenvalue weighted by molar-refractivity contribution is 6.03. The minimum absolute atomic E-state index is 0.144. The highest BCUT2D eigenvalue weighted by Gasteiger charge is 2.26. The number of likely N-dealkylation sites (N-methyl/N-ethyl adjacent to an activating group) is 1. The molecule has 0 N–H and O–H groups in total. The number of nitrogens with zero attached hydrogens (tertiary/aromatic N) is 2. The first-order valence-corrected chi connectivity index (χ1v) is 5.98. The molecule has 1 amide bonds. The smallest absolute Gasteiger partial charge is 0.231 e. The number of rotatable bonds is 1. The van der Waals surface area contributed by atoms with Gasteiger partial charge in [-0.3, -0.25) is 9.78 Å². The van der Waals surface area contributed by atoms with Crippen LogP contribution in [-0.2, 0) is 11.2 Å². The molecule has 0 radical (unpaired) electrons. The van der Waals surface area contributed by atoms with Crippen LogP contribution in [-0.4, -0.2) is 17.9 Å². The Kier molecular flexibility index (Phi) is 2.40. The van der Waals surface area contributed by atoms with Crippen LogP contribution in [0.3, 0.4) is 0 Å². The summed E-state index contributed by atoms with van der Waals surface area (Å²) in [5.74, 6) is 0.144. The van der Waals surface area contributed by atoms with Gasteiger partial charge in [0.25, 0.3) is 0 Å². The molecular formula is C15H14N2O. The zero-order valence-corrected chi connectivity index (χ0v) is 10.5. The Bertz CT molecular complexity index is 634. The predicted octanol–water partition coefficient (Wildman–Crippen LogP) is 2.58. The second kappa shape index (κ2) is 3.95. The van der Waals surface area contributed by atoms with Crippen LogP contribution in [0.1, 0.15) is 11.1 Å². The third-order valence-electron chi connectivity index (χ3n) is 3.41. The van der Waals surface area contributed by atoms with Gasteiger partial charge in [0.1, 0.15) is 0 Å². The van der Waals surface area contributed by atoms with Gasteiger partial charge in [-0.15, -0.1) is 0 Å². The zero-order chi connectivity index (χ0) is 12.7. The number of pyridine rings is 1. The van der Waals surface area contributed by atoms with Crippen LogP contribution in [0, 0.1) is 6.92 Å². The molecule has 0 fully saturated rings. The number of aryl methyl sites for hydroxylation is 1. The van der Waals surface area contributed by atoms with E-state index in [0.717, 1.165) is 22.5 Å². The van der Waals surface area contributed by atoms with Crippen LogP contribution >= 0.6 is 0 Å². The maximum absolute atomic E-state index is 11.8. The van der Waals surface area contributed by atoms with Crippen molar-refractivity contribution < 1.29 is 4.79 Å². The Morgan fingerprint density at radius 3 is 2.89 bits per heavy atom. The average molecular weight is 238 g/mol. The molecular weight excluding hydrogens is 224 g/mol. The third-order valence-corrected chi connectivity index (χ3v) is 3.41. The second-order valence-electron chi connectivity index (χ2n) is 4.65. The van der Waals surface area contributed by atoms with Crippen molar-refractivity contribution in [2.45, 2.75) is 13.3 Å². The summed E-state index contributed by atoms with van der Waals surface area (Å²) in [5.41, 5.74) is 5.27. The van der Waals surface area contributed by atoms with E-state index in [2.05, 4.69) is 11.1 Å². The van der Waals surface area contributed by atoms with E-state index < -0.39 is 0 Å². The van der Waals surface area contributed by atoms with E-state index in [0.29, 0.717) is 6.42 Å². The monoisotopic (exact) mass is 238 g/mol. The third kappa shape index (κ3) is 1.59. The molecule has 0 atom stereocenters. The van der Waals surface area contributed by atoms with Gasteiger partial charge in [0, 0.05) is 24.5 Å². The molecule has 1 aliphatic heterocycles. The van der Waals surface area contributed by atoms with Crippen molar-refractivity contribution in [2.75, 3.05) is 11.9 Å². The summed E-state index contributed by atoms with van der Waals surface area (Å²) in [6.45, 7) is 2.05. The van der Waals surface area contributed by atoms with Gasteiger partial charge in [-0.05, 0) is 36.2 Å². The lowest BCUT2D eigenvalue weighted by molar-refractivity contribution is -0.117. The minimum Gasteiger partial charge on any atom is -0.315 e. The predicted molar refractivity (Wildman–Crippen MR) is 71.5 cm³/mol. The Labute approximate surface area is 106 Å². The first-order valence-electron chi connectivity index (χ1n) is 5.98. The molecule has 3 heteroatoms. The number of benzene rings is 1. The highest BCUT2D eigenvalue weighted by Crippen LogP contribution is 2.35. The number of fused-ring (bicyclic) bond motifs is 1. The number of aromatic nitrogens is 1. The molecule has 0 saturated heterocycles. The van der Waals surface area contributed by atoms with Gasteiger partial charge in [-0.2, -0.15) is 0 Å². The van der Waals surface area contributed by atoms with Crippen LogP contribution in [0.4, 0.5) is 5.69 Å². The molecule has 0 aliphatic carbocycles. The van der Waals surface area contributed by atoms with Crippen LogP contribution in [0.2, 0.25) is 0 Å². The summed E-state index contributed by atoms with van der Waals surface area (Å²) < 4.78 is 0. The summed E-state index contributed by atoms with van der Waals surface area (Å²) >= 11 is 0. The summed E-state index contributed by atoms with van der Waals surface area (Å²) in [5, 5.41) is 0. The molecule has 1 aliphatic rings. The summed E-state index contributed by atoms with van der Waals surface area (Å²) in [4.78, 5) is 17.9. The van der Waals surface area contributed by atoms with Crippen molar-refractivity contribution >= 4 is 11.6 Å². The van der Waals surface area contributed by atoms with Gasteiger partial charge in [0.15, 0.2) is 0 Å². The maximum Gasteiger partial charge on any atom is 0.231 e. The molecule has 3 nitrogen and oxygen atoms in total. The van der Waals surface area contributed by atoms with Gasteiger partial charge in [-0.25, -0.2) is 0 Å². The summed E-state index contributed by atoms with van der Waals surface area (Å²) in [6.07, 6.45) is 2.28. The molecule has 0 saturated carbocycles. The first-order chi connectivity index (χ1) is 8.66. The van der Waals surface area contributed by atoms with Crippen LogP contribution in [0.5, 0.6) is 0 Å². The summed E-state index contributed by atoms with van der Waals surface area (Å²) in [7, 11) is 1.82. The highest BCUT2D eigenvalue weighted by atomic mass is 16.2. The molecule has 2 heterocycles. The number of carbonyl (C=O) groups is 1. The first kappa shape index (κ1) is 11.0. The van der Waals surface area contributed by atoms with Crippen molar-refractivity contribution in [2.24, 2.45) is 0 Å². The van der Waals surface area contributed by atoms with E-state index >= 15 is 0 Å². The maximum atomic E-state index is 11.8. The lowest BCUT2D eigenvalue weighted by Gasteiger charge is -2.11. The Hall–Kier alpha value is -2.16. The van der Waals surface area contributed by atoms with Crippen molar-refractivity contribution in [3.05, 3.63) is 47.7 Å². The standard InChI is InChI=1S/C15H14N2O/c1-10-6-7-16-13(8-10)11-4-3-5-14-12(11)9-15(18)17(14)2/h3-8H,9H2,1-2H3. The van der Waals surface area contributed by atoms with E-state index in [9.17, 15) is 4.79 Å². The quantitative estimate of drug-likeness (QED) is 0.765. The number of anilines is 1. The van der Waals surface area contributed by atoms with Gasteiger partial charge < -0.3 is 4.90 Å². The lowest BCUT2D eigenvalue weighted by atomic mass is 10.0. The Morgan fingerprint density at radius 1 is 1.28 bits per heavy atom. The lowest BCUT2D eigenvalue weighted by Crippen LogP contribution is -2.20. The van der Waals surface area contributed by atoms with Crippen LogP contribution < -0.4 is 4.90 Å². The van der Waals surface area contributed by atoms with E-state index in [1.54, 1.807) is 4.90 Å². The van der Waals surface area contributed by atoms with E-state index in [1.807, 2.05) is 44.4 Å². The van der Waals surface area contributed by atoms with E-state index in [4.69, 9.17) is 0 Å². The SMILES string of the molecule is Cc1ccnc(-c2cccc3c2CC(=O)N3C)c1. The van der Waals surface area contributed by atoms with Gasteiger partial charge >= 0.3 is 0 Å². The van der Waals surface area contributed by atoms with Crippen molar-refractivity contribution in [3.8, 4) is 11.3 Å². The molecule has 0 bridgehead atoms. The van der Waals surface area contributed by atoms with Crippen molar-refractivity contribution in [1.82, 2.24) is 4.98 Å². The Balaban J connectivity index is 2.19. The largest absolute Gasteiger partial charge is 0.315 e. The topological polar surface area (TPSA) is 33.2 Å². The zero-order valence-electron chi connectivity index (χ0n) is 10.5. The molecule has 1 aromatic carbocycles. The fourth-order valence-electron chi connectivity index (χ4n) is 2.40. The van der Waals surface area contributed by atoms with Crippen molar-refractivity contribution in [1.29, 1.82) is 0 Å². The van der Waals surface area contributed by atoms with Gasteiger partial charge in [0.2, 0.25) is 5.91 Å². The Morgan fingerprint density at radius 2 is 2.11 bits per heavy atom. The average Bonchev–Trinajstić information content (AvgIpc) is 2.65. The van der Waals surface area contributed by atoms with E-state index in [-0.39, 0.29) is 5.91 Å². The second-order valence-corrected chi connectivity index (χ2v) is 4.65. The molecule has 1 aromatic heterocycles. The normalized spacial score (nSPS) is 13.9. The van der Waals surface area contributed by atoms with Crippen LogP contribution in [0.15, 0.2) is 36.5 Å². The fraction of sp³-hybridized carbons (Fsp3) is 0.200. The number of hydrogen-bond acceptors (Lipinski definition) is 2. The molecule has 18 heavy (non-hydrogen) atoms. The summed E-state index contributed by atoms with van der Waals surface area (Å²) in [6, 6.07) is 10.0. The molecule has 0 unspecified atom stereocenters. The molecule has 2 aromatic rings. The molecule has 3 rings (SSSR count).